The number of hydrogen-bond donors (Lipinski definition) is 8. The Labute approximate surface area is 785 Å². The quantitative estimate of drug-likeness (QED) is 0.0268. The number of nitrogens with two attached hydrogens (primary N) is 5. The van der Waals surface area contributed by atoms with Gasteiger partial charge in [0.2, 0.25) is 11.8 Å². The minimum atomic E-state index is -1.49. The summed E-state index contributed by atoms with van der Waals surface area (Å²) in [5.74, 6) is -16.3. The van der Waals surface area contributed by atoms with E-state index in [0.29, 0.717) is 26.9 Å². The second-order valence-corrected chi connectivity index (χ2v) is 32.2. The zero-order valence-corrected chi connectivity index (χ0v) is 75.6. The number of aromatic nitrogens is 10. The number of ether oxygens (including phenoxy) is 5. The minimum Gasteiger partial charge on any atom is -0.476 e. The van der Waals surface area contributed by atoms with Crippen LogP contribution in [0.15, 0.2) is 152 Å². The molecular weight excluding hydrogens is 1910 g/mol. The second-order valence-electron chi connectivity index (χ2n) is 30.4. The van der Waals surface area contributed by atoms with Crippen LogP contribution in [-0.4, -0.2) is 136 Å². The smallest absolute Gasteiger partial charge is 0.358 e. The summed E-state index contributed by atoms with van der Waals surface area (Å²) in [6.07, 6.45) is 7.35. The van der Waals surface area contributed by atoms with Gasteiger partial charge in [0.05, 0.1) is 102 Å². The molecule has 13 N–H and O–H groups in total. The number of rotatable bonds is 15. The SMILES string of the molecule is COC(=O)c1nc(-c2ccc3ccn(C(=O)C(C)(C)C)c3c2F)c(F)c(N)c1Cl.COC(=O)c1nc(-c2ccc3ccn(C(=O)C(C)C)c3c2F)c(F)c(N)c1Cl.COCC(=O)n1ccc2ccc(-c3nc(C(=O)OC)c(Cl)c(N)c3F)c(F)c21.Nc1c(F)c(-c2ccc3cc[nH]c3c2F)nc(C(=O)O)c1Cl.Nc1c(F)c(-c2ccc3cc[nH]c3c2F)nc(C(=O)OCc2ccccc2)c1Cl. The highest BCUT2D eigenvalue weighted by molar-refractivity contribution is 6.38. The number of halogens is 15. The number of aromatic carboxylic acids is 1. The fraction of sp³-hybridized carbons (Fsp3) is 0.141. The van der Waals surface area contributed by atoms with E-state index >= 15 is 13.2 Å². The third kappa shape index (κ3) is 19.2. The maximum absolute atomic E-state index is 15.5. The standard InChI is InChI=1S/C21H14ClF2N3O2.C20H18ClF2N3O3.C19H16ClF2N3O3.C18H14ClF2N3O4.C14H8ClF2N3O2/c22-14-17(25)16(24)19(13-7-6-12-8-9-26-18(12)15(13)23)27-20(14)21(28)29-10-11-4-2-1-3-5-11;1-20(2,3)19(28)26-8-7-9-5-6-10(12(22)17(9)26)15-13(23)14(24)11(21)16(25-15)18(27)29-4;1-8(2)18(26)25-7-6-9-4-5-10(12(21)17(9)25)15-13(22)14(23)11(20)16(24-15)19(27)28-3;1-27-7-10(25)24-6-5-8-3-4-9(12(20)17(8)24)15-13(21)14(22)11(19)16(23-15)18(26)28-2;15-7-10(18)9(17)12(20-13(7)14(21)22)6-2-1-5-3-4-19-11(5)8(6)16/h1-9,26H,10H2,(H2,25,27);5-8H,1-4H3,(H2,24,25);4-8H,1-3H3,(H2,23,24);3-6H,7H2,1-2H3,(H2,22,23);1-4,19H,(H2,18,20)(H,21,22). The fourth-order valence-electron chi connectivity index (χ4n) is 13.5. The molecule has 29 nitrogen and oxygen atoms in total. The van der Waals surface area contributed by atoms with Crippen LogP contribution in [0, 0.1) is 69.5 Å². The largest absolute Gasteiger partial charge is 0.476 e. The van der Waals surface area contributed by atoms with E-state index in [1.165, 1.54) is 91.1 Å². The maximum atomic E-state index is 15.5. The summed E-state index contributed by atoms with van der Waals surface area (Å²) in [6, 6.07) is 31.1. The van der Waals surface area contributed by atoms with Gasteiger partial charge in [-0.05, 0) is 66.2 Å². The summed E-state index contributed by atoms with van der Waals surface area (Å²) in [6.45, 7) is 8.15. The van der Waals surface area contributed by atoms with Crippen molar-refractivity contribution in [2.75, 3.05) is 63.7 Å². The van der Waals surface area contributed by atoms with Crippen molar-refractivity contribution in [1.29, 1.82) is 0 Å². The van der Waals surface area contributed by atoms with E-state index in [2.05, 4.69) is 49.1 Å². The lowest BCUT2D eigenvalue weighted by Gasteiger charge is -2.18. The predicted octanol–water partition coefficient (Wildman–Crippen LogP) is 20.8. The van der Waals surface area contributed by atoms with Crippen LogP contribution in [0.4, 0.5) is 72.3 Å². The number of anilines is 5. The molecule has 0 spiro atoms. The molecule has 0 aliphatic heterocycles. The topological polar surface area (TPSA) is 444 Å². The molecule has 0 saturated heterocycles. The Morgan fingerprint density at radius 2 is 0.691 bits per heavy atom. The molecule has 0 atom stereocenters. The van der Waals surface area contributed by atoms with Crippen LogP contribution in [0.3, 0.4) is 0 Å². The van der Waals surface area contributed by atoms with Crippen molar-refractivity contribution in [2.45, 2.75) is 41.2 Å². The number of nitrogens with one attached hydrogen (secondary N) is 2. The Morgan fingerprint density at radius 1 is 0.390 bits per heavy atom. The summed E-state index contributed by atoms with van der Waals surface area (Å²) in [4.78, 5) is 121. The van der Waals surface area contributed by atoms with Crippen LogP contribution in [0.2, 0.25) is 25.1 Å². The van der Waals surface area contributed by atoms with Gasteiger partial charge in [0.1, 0.15) is 41.7 Å². The average molecular weight is 1980 g/mol. The number of pyridine rings is 5. The first-order chi connectivity index (χ1) is 64.4. The highest BCUT2D eigenvalue weighted by Gasteiger charge is 2.34. The van der Waals surface area contributed by atoms with E-state index < -0.39 is 199 Å². The van der Waals surface area contributed by atoms with Crippen molar-refractivity contribution in [3.8, 4) is 56.3 Å². The monoisotopic (exact) mass is 1970 g/mol. The van der Waals surface area contributed by atoms with Crippen molar-refractivity contribution in [2.24, 2.45) is 11.3 Å². The molecule has 0 bridgehead atoms. The Kier molecular flexibility index (Phi) is 29.9. The van der Waals surface area contributed by atoms with E-state index in [1.54, 1.807) is 101 Å². The minimum absolute atomic E-state index is 0.0226. The number of hydrogen-bond acceptors (Lipinski definition) is 23. The number of fused-ring (bicyclic) bond motifs is 5. The predicted molar refractivity (Wildman–Crippen MR) is 490 cm³/mol. The molecule has 136 heavy (non-hydrogen) atoms. The maximum Gasteiger partial charge on any atom is 0.358 e. The molecule has 0 amide bonds. The number of nitrogens with zero attached hydrogens (tertiary/aromatic N) is 8. The Balaban J connectivity index is 0.000000153. The first-order valence-electron chi connectivity index (χ1n) is 39.3. The third-order valence-electron chi connectivity index (χ3n) is 20.4. The number of carbonyl (C=O) groups excluding carboxylic acids is 7. The van der Waals surface area contributed by atoms with Gasteiger partial charge in [0.15, 0.2) is 86.6 Å². The Hall–Kier alpha value is -15.2. The van der Waals surface area contributed by atoms with Gasteiger partial charge < -0.3 is 67.4 Å². The molecule has 44 heteroatoms. The highest BCUT2D eigenvalue weighted by atomic mass is 35.5. The third-order valence-corrected chi connectivity index (χ3v) is 22.3. The van der Waals surface area contributed by atoms with Gasteiger partial charge in [-0.25, -0.2) is 92.8 Å². The molecule has 0 aliphatic carbocycles. The number of methoxy groups -OCH3 is 4. The van der Waals surface area contributed by atoms with Crippen molar-refractivity contribution in [3.63, 3.8) is 0 Å². The van der Waals surface area contributed by atoms with Gasteiger partial charge in [0, 0.05) is 104 Å². The number of nitrogen functional groups attached to an aromatic ring is 5. The summed E-state index contributed by atoms with van der Waals surface area (Å²) in [7, 11) is 4.60. The Bertz CT molecular complexity index is 7600. The molecular formula is C92H70Cl5F10N15O14. The first-order valence-corrected chi connectivity index (χ1v) is 41.2. The van der Waals surface area contributed by atoms with Crippen LogP contribution in [-0.2, 0) is 30.3 Å². The summed E-state index contributed by atoms with van der Waals surface area (Å²) in [5.41, 5.74) is 19.4. The molecule has 0 aliphatic rings. The zero-order valence-electron chi connectivity index (χ0n) is 71.8. The molecule has 0 radical (unpaired) electrons. The zero-order chi connectivity index (χ0) is 99.6. The second kappa shape index (κ2) is 40.7. The van der Waals surface area contributed by atoms with Crippen molar-refractivity contribution in [1.82, 2.24) is 48.6 Å². The lowest BCUT2D eigenvalue weighted by atomic mass is 9.95. The summed E-state index contributed by atoms with van der Waals surface area (Å²) >= 11 is 29.3. The van der Waals surface area contributed by atoms with Crippen molar-refractivity contribution >= 4 is 189 Å². The van der Waals surface area contributed by atoms with Gasteiger partial charge in [-0.3, -0.25) is 28.1 Å². The molecule has 16 aromatic rings. The fourth-order valence-corrected chi connectivity index (χ4v) is 14.5. The van der Waals surface area contributed by atoms with Gasteiger partial charge in [-0.1, -0.05) is 153 Å². The number of aromatic amines is 2. The van der Waals surface area contributed by atoms with E-state index in [9.17, 15) is 69.1 Å². The number of carbonyl (C=O) groups is 8. The lowest BCUT2D eigenvalue weighted by Crippen LogP contribution is -2.26. The van der Waals surface area contributed by atoms with Crippen molar-refractivity contribution < 1.29 is 111 Å². The molecule has 6 aromatic carbocycles. The number of benzene rings is 6. The molecule has 16 rings (SSSR count). The summed E-state index contributed by atoms with van der Waals surface area (Å²) < 4.78 is 176. The molecule has 702 valence electrons. The van der Waals surface area contributed by atoms with E-state index in [0.717, 1.165) is 36.0 Å². The van der Waals surface area contributed by atoms with Crippen LogP contribution in [0.25, 0.3) is 111 Å². The van der Waals surface area contributed by atoms with Crippen molar-refractivity contribution in [3.05, 3.63) is 270 Å². The van der Waals surface area contributed by atoms with Gasteiger partial charge in [-0.2, -0.15) is 0 Å². The molecule has 10 heterocycles. The van der Waals surface area contributed by atoms with Gasteiger partial charge in [-0.15, -0.1) is 0 Å². The average Bonchev–Trinajstić information content (AvgIpc) is 1.54. The highest BCUT2D eigenvalue weighted by Crippen LogP contribution is 2.43. The van der Waals surface area contributed by atoms with E-state index in [1.807, 2.05) is 6.07 Å². The molecule has 0 fully saturated rings. The molecule has 10 aromatic heterocycles. The van der Waals surface area contributed by atoms with Crippen LogP contribution >= 0.6 is 58.0 Å². The van der Waals surface area contributed by atoms with Gasteiger partial charge >= 0.3 is 29.8 Å². The first kappa shape index (κ1) is 99.8. The Morgan fingerprint density at radius 3 is 1.02 bits per heavy atom. The lowest BCUT2D eigenvalue weighted by molar-refractivity contribution is 0.0464. The number of carboxylic acid groups (broad SMARTS) is 1. The van der Waals surface area contributed by atoms with Crippen LogP contribution in [0.1, 0.15) is 107 Å². The van der Waals surface area contributed by atoms with E-state index in [4.69, 9.17) is 101 Å². The van der Waals surface area contributed by atoms with E-state index in [-0.39, 0.29) is 97.1 Å². The molecule has 0 saturated carbocycles. The molecule has 0 unspecified atom stereocenters. The van der Waals surface area contributed by atoms with Crippen LogP contribution in [0.5, 0.6) is 0 Å². The number of carboxylic acids is 1. The summed E-state index contributed by atoms with van der Waals surface area (Å²) in [5, 5.41) is 9.34. The number of H-pyrrole nitrogens is 2. The number of esters is 4. The normalized spacial score (nSPS) is 11.2. The van der Waals surface area contributed by atoms with Gasteiger partial charge in [0.25, 0.3) is 5.91 Å². The van der Waals surface area contributed by atoms with Crippen LogP contribution < -0.4 is 28.7 Å².